The average molecular weight is 600 g/mol. The molecule has 2 saturated heterocycles. The van der Waals surface area contributed by atoms with Crippen LogP contribution in [0.3, 0.4) is 0 Å². The molecule has 41 heavy (non-hydrogen) atoms. The summed E-state index contributed by atoms with van der Waals surface area (Å²) in [5, 5.41) is 19.8. The maximum atomic E-state index is 14.0. The summed E-state index contributed by atoms with van der Waals surface area (Å²) in [5.74, 6) is 0.535. The molecule has 6 rings (SSSR count). The molecule has 2 N–H and O–H groups in total. The number of aliphatic hydroxyl groups is 1. The van der Waals surface area contributed by atoms with Gasteiger partial charge in [-0.3, -0.25) is 9.69 Å². The molecule has 3 aliphatic heterocycles. The highest BCUT2D eigenvalue weighted by atomic mass is 32.2. The average Bonchev–Trinajstić information content (AvgIpc) is 3.64. The predicted octanol–water partition coefficient (Wildman–Crippen LogP) is 2.27. The number of carbonyl (C=O) groups is 1. The van der Waals surface area contributed by atoms with Crippen molar-refractivity contribution in [1.82, 2.24) is 24.1 Å². The third-order valence-corrected chi connectivity index (χ3v) is 10.8. The van der Waals surface area contributed by atoms with Crippen molar-refractivity contribution in [2.75, 3.05) is 33.4 Å². The Hall–Kier alpha value is -3.10. The molecule has 13 heteroatoms. The lowest BCUT2D eigenvalue weighted by Crippen LogP contribution is -2.59. The summed E-state index contributed by atoms with van der Waals surface area (Å²) in [6.45, 7) is 2.25. The monoisotopic (exact) mass is 599 g/mol. The zero-order valence-corrected chi connectivity index (χ0v) is 24.4. The molecule has 0 unspecified atom stereocenters. The number of nitrogens with zero attached hydrogens (tertiary/aromatic N) is 4. The van der Waals surface area contributed by atoms with Crippen LogP contribution in [0.4, 0.5) is 0 Å². The first-order chi connectivity index (χ1) is 19.8. The number of amides is 1. The van der Waals surface area contributed by atoms with Crippen molar-refractivity contribution in [2.45, 2.75) is 54.8 Å². The lowest BCUT2D eigenvalue weighted by Gasteiger charge is -2.43. The van der Waals surface area contributed by atoms with Crippen molar-refractivity contribution in [3.05, 3.63) is 53.5 Å². The molecular formula is C28H33N5O6S2. The SMILES string of the molecule is COc1cccc(-c2ccc3c(c2)OCCC2(CCN(Cc4csnn4)CC2)NC(=O)[C@@H]2C[C@@H](O)CN2S3(=O)=O)c1. The van der Waals surface area contributed by atoms with Gasteiger partial charge in [-0.05, 0) is 59.8 Å². The minimum absolute atomic E-state index is 0.0151. The lowest BCUT2D eigenvalue weighted by molar-refractivity contribution is -0.127. The van der Waals surface area contributed by atoms with Gasteiger partial charge in [0.1, 0.15) is 22.4 Å². The number of piperidine rings is 1. The van der Waals surface area contributed by atoms with Gasteiger partial charge in [0.15, 0.2) is 0 Å². The van der Waals surface area contributed by atoms with E-state index in [1.807, 2.05) is 29.6 Å². The summed E-state index contributed by atoms with van der Waals surface area (Å²) in [7, 11) is -2.56. The van der Waals surface area contributed by atoms with E-state index in [4.69, 9.17) is 9.47 Å². The number of fused-ring (bicyclic) bond motifs is 2. The Kier molecular flexibility index (Phi) is 7.72. The first-order valence-corrected chi connectivity index (χ1v) is 16.0. The highest BCUT2D eigenvalue weighted by Gasteiger charge is 2.47. The van der Waals surface area contributed by atoms with Crippen LogP contribution in [0.1, 0.15) is 31.4 Å². The molecule has 11 nitrogen and oxygen atoms in total. The van der Waals surface area contributed by atoms with E-state index in [9.17, 15) is 18.3 Å². The van der Waals surface area contributed by atoms with Crippen LogP contribution in [-0.4, -0.2) is 89.3 Å². The van der Waals surface area contributed by atoms with E-state index < -0.39 is 27.7 Å². The molecule has 2 fully saturated rings. The second-order valence-corrected chi connectivity index (χ2v) is 13.4. The molecule has 0 saturated carbocycles. The number of hydrogen-bond donors (Lipinski definition) is 2. The van der Waals surface area contributed by atoms with Crippen LogP contribution in [-0.2, 0) is 21.4 Å². The van der Waals surface area contributed by atoms with Gasteiger partial charge in [0.2, 0.25) is 15.9 Å². The van der Waals surface area contributed by atoms with Crippen molar-refractivity contribution in [3.63, 3.8) is 0 Å². The van der Waals surface area contributed by atoms with E-state index in [-0.39, 0.29) is 36.1 Å². The molecule has 0 aliphatic carbocycles. The molecule has 1 amide bonds. The van der Waals surface area contributed by atoms with Gasteiger partial charge in [-0.2, -0.15) is 4.31 Å². The van der Waals surface area contributed by atoms with Crippen LogP contribution in [0, 0.1) is 0 Å². The van der Waals surface area contributed by atoms with Crippen molar-refractivity contribution in [1.29, 1.82) is 0 Å². The maximum Gasteiger partial charge on any atom is 0.247 e. The van der Waals surface area contributed by atoms with Crippen LogP contribution in [0.25, 0.3) is 11.1 Å². The fraction of sp³-hybridized carbons (Fsp3) is 0.464. The first kappa shape index (κ1) is 28.0. The predicted molar refractivity (Wildman–Crippen MR) is 152 cm³/mol. The van der Waals surface area contributed by atoms with Gasteiger partial charge in [0, 0.05) is 49.9 Å². The molecule has 3 aliphatic rings. The normalized spacial score (nSPS) is 24.5. The molecule has 0 bridgehead atoms. The fourth-order valence-corrected chi connectivity index (χ4v) is 8.18. The van der Waals surface area contributed by atoms with Crippen molar-refractivity contribution in [3.8, 4) is 22.6 Å². The quantitative estimate of drug-likeness (QED) is 0.463. The molecule has 2 atom stereocenters. The highest BCUT2D eigenvalue weighted by molar-refractivity contribution is 7.89. The zero-order valence-electron chi connectivity index (χ0n) is 22.7. The number of likely N-dealkylation sites (tertiary alicyclic amines) is 1. The second kappa shape index (κ2) is 11.3. The summed E-state index contributed by atoms with van der Waals surface area (Å²) >= 11 is 1.32. The number of aliphatic hydroxyl groups excluding tert-OH is 1. The van der Waals surface area contributed by atoms with E-state index in [2.05, 4.69) is 19.8 Å². The summed E-state index contributed by atoms with van der Waals surface area (Å²) in [6, 6.07) is 11.5. The summed E-state index contributed by atoms with van der Waals surface area (Å²) in [4.78, 5) is 15.9. The number of hydrogen-bond acceptors (Lipinski definition) is 10. The van der Waals surface area contributed by atoms with E-state index in [0.29, 0.717) is 31.6 Å². The topological polar surface area (TPSA) is 134 Å². The number of ether oxygens (including phenoxy) is 2. The second-order valence-electron chi connectivity index (χ2n) is 10.9. The van der Waals surface area contributed by atoms with Crippen molar-refractivity contribution < 1.29 is 27.8 Å². The molecule has 1 aromatic heterocycles. The number of nitrogens with one attached hydrogen (secondary N) is 1. The number of sulfonamides is 1. The summed E-state index contributed by atoms with van der Waals surface area (Å²) < 4.78 is 44.6. The van der Waals surface area contributed by atoms with Crippen molar-refractivity contribution >= 4 is 27.5 Å². The molecule has 3 aromatic rings. The number of rotatable bonds is 4. The molecule has 218 valence electrons. The van der Waals surface area contributed by atoms with Crippen LogP contribution >= 0.6 is 11.5 Å². The van der Waals surface area contributed by atoms with Crippen LogP contribution in [0.15, 0.2) is 52.7 Å². The van der Waals surface area contributed by atoms with Gasteiger partial charge in [-0.1, -0.05) is 22.7 Å². The molecular weight excluding hydrogens is 566 g/mol. The Morgan fingerprint density at radius 2 is 1.98 bits per heavy atom. The maximum absolute atomic E-state index is 14.0. The van der Waals surface area contributed by atoms with Gasteiger partial charge in [-0.25, -0.2) is 8.42 Å². The molecule has 4 heterocycles. The van der Waals surface area contributed by atoms with Gasteiger partial charge >= 0.3 is 0 Å². The lowest BCUT2D eigenvalue weighted by atomic mass is 9.84. The fourth-order valence-electron chi connectivity index (χ4n) is 5.99. The van der Waals surface area contributed by atoms with Crippen molar-refractivity contribution in [2.24, 2.45) is 0 Å². The smallest absolute Gasteiger partial charge is 0.247 e. The van der Waals surface area contributed by atoms with Crippen LogP contribution in [0.2, 0.25) is 0 Å². The van der Waals surface area contributed by atoms with Crippen LogP contribution in [0.5, 0.6) is 11.5 Å². The Morgan fingerprint density at radius 3 is 2.73 bits per heavy atom. The number of benzene rings is 2. The summed E-state index contributed by atoms with van der Waals surface area (Å²) in [5.41, 5.74) is 1.99. The minimum atomic E-state index is -4.15. The van der Waals surface area contributed by atoms with E-state index in [1.165, 1.54) is 17.6 Å². The molecule has 0 radical (unpaired) electrons. The van der Waals surface area contributed by atoms with Crippen LogP contribution < -0.4 is 14.8 Å². The van der Waals surface area contributed by atoms with Gasteiger partial charge in [-0.15, -0.1) is 5.10 Å². The minimum Gasteiger partial charge on any atom is -0.497 e. The third-order valence-electron chi connectivity index (χ3n) is 8.30. The number of methoxy groups -OCH3 is 1. The van der Waals surface area contributed by atoms with E-state index in [1.54, 1.807) is 19.2 Å². The first-order valence-electron chi connectivity index (χ1n) is 13.7. The Labute approximate surface area is 243 Å². The summed E-state index contributed by atoms with van der Waals surface area (Å²) in [6.07, 6.45) is 0.982. The van der Waals surface area contributed by atoms with Gasteiger partial charge in [0.05, 0.1) is 25.5 Å². The van der Waals surface area contributed by atoms with E-state index >= 15 is 0 Å². The molecule has 1 spiro atoms. The van der Waals surface area contributed by atoms with Gasteiger partial charge < -0.3 is 19.9 Å². The number of carbonyl (C=O) groups excluding carboxylic acids is 1. The van der Waals surface area contributed by atoms with E-state index in [0.717, 1.165) is 34.2 Å². The Bertz CT molecular complexity index is 1510. The largest absolute Gasteiger partial charge is 0.497 e. The molecule has 2 aromatic carbocycles. The number of aromatic nitrogens is 2. The Balaban J connectivity index is 1.33. The van der Waals surface area contributed by atoms with Gasteiger partial charge in [0.25, 0.3) is 0 Å². The highest BCUT2D eigenvalue weighted by Crippen LogP contribution is 2.37. The zero-order chi connectivity index (χ0) is 28.6. The third kappa shape index (κ3) is 5.69. The Morgan fingerprint density at radius 1 is 1.17 bits per heavy atom. The standard InChI is InChI=1S/C28H33N5O6S2/c1-38-23-4-2-3-19(13-23)20-5-6-26-25(14-20)39-12-9-28(7-10-32(11-8-28)16-21-18-40-31-30-21)29-27(35)24-15-22(34)17-33(24)41(26,36)37/h2-6,13-14,18,22,24,34H,7-12,15-17H2,1H3,(H,29,35)/t22-,24+/m1/s1.